The monoisotopic (exact) mass is 378 g/mol. The maximum Gasteiger partial charge on any atom is 0.246 e. The van der Waals surface area contributed by atoms with Crippen molar-refractivity contribution in [3.8, 4) is 0 Å². The Kier molecular flexibility index (Phi) is 3.76. The lowest BCUT2D eigenvalue weighted by molar-refractivity contribution is 0.129. The van der Waals surface area contributed by atoms with Crippen molar-refractivity contribution in [2.24, 2.45) is 11.8 Å². The Morgan fingerprint density at radius 2 is 2.05 bits per heavy atom. The third-order valence-corrected chi connectivity index (χ3v) is 6.83. The zero-order valence-electron chi connectivity index (χ0n) is 11.2. The van der Waals surface area contributed by atoms with E-state index in [0.29, 0.717) is 13.0 Å². The predicted octanol–water partition coefficient (Wildman–Crippen LogP) is 1.56. The first-order chi connectivity index (χ1) is 9.80. The van der Waals surface area contributed by atoms with Crippen LogP contribution in [-0.4, -0.2) is 37.0 Å². The van der Waals surface area contributed by atoms with Gasteiger partial charge in [-0.25, -0.2) is 12.8 Å². The second-order valence-electron chi connectivity index (χ2n) is 5.71. The second-order valence-corrected chi connectivity index (χ2v) is 8.47. The largest absolute Gasteiger partial charge is 0.399 e. The summed E-state index contributed by atoms with van der Waals surface area (Å²) in [5, 5.41) is 9.87. The van der Waals surface area contributed by atoms with Crippen LogP contribution in [0.3, 0.4) is 0 Å². The lowest BCUT2D eigenvalue weighted by atomic mass is 10.00. The number of halogens is 2. The lowest BCUT2D eigenvalue weighted by Gasteiger charge is -2.19. The summed E-state index contributed by atoms with van der Waals surface area (Å²) in [5.41, 5.74) is 5.80. The highest BCUT2D eigenvalue weighted by Crippen LogP contribution is 2.40. The number of benzene rings is 1. The van der Waals surface area contributed by atoms with E-state index in [1.165, 1.54) is 10.4 Å². The molecule has 0 amide bonds. The highest BCUT2D eigenvalue weighted by atomic mass is 79.9. The topological polar surface area (TPSA) is 83.6 Å². The zero-order valence-corrected chi connectivity index (χ0v) is 13.6. The van der Waals surface area contributed by atoms with Gasteiger partial charge in [0.15, 0.2) is 5.82 Å². The van der Waals surface area contributed by atoms with Crippen molar-refractivity contribution in [1.29, 1.82) is 0 Å². The van der Waals surface area contributed by atoms with Gasteiger partial charge in [0, 0.05) is 24.7 Å². The molecule has 3 atom stereocenters. The molecular weight excluding hydrogens is 363 g/mol. The molecule has 3 N–H and O–H groups in total. The average Bonchev–Trinajstić information content (AvgIpc) is 2.97. The predicted molar refractivity (Wildman–Crippen MR) is 79.5 cm³/mol. The lowest BCUT2D eigenvalue weighted by Crippen LogP contribution is -2.31. The van der Waals surface area contributed by atoms with Crippen molar-refractivity contribution in [1.82, 2.24) is 4.31 Å². The molecule has 1 saturated carbocycles. The van der Waals surface area contributed by atoms with Gasteiger partial charge in [0.05, 0.1) is 10.6 Å². The molecule has 1 saturated heterocycles. The minimum atomic E-state index is -3.94. The summed E-state index contributed by atoms with van der Waals surface area (Å²) in [7, 11) is -3.94. The van der Waals surface area contributed by atoms with Crippen LogP contribution in [0.15, 0.2) is 21.5 Å². The normalized spacial score (nSPS) is 29.8. The maximum absolute atomic E-state index is 14.1. The Morgan fingerprint density at radius 1 is 1.33 bits per heavy atom. The van der Waals surface area contributed by atoms with Crippen molar-refractivity contribution >= 4 is 31.6 Å². The Labute approximate surface area is 131 Å². The van der Waals surface area contributed by atoms with E-state index in [4.69, 9.17) is 5.73 Å². The van der Waals surface area contributed by atoms with E-state index in [0.717, 1.165) is 12.5 Å². The number of aliphatic hydroxyl groups excluding tert-OH is 1. The Hall–Kier alpha value is -0.700. The SMILES string of the molecule is Nc1cc(Br)c(F)c(S(=O)(=O)N2CC3CCC(O)C3C2)c1. The average molecular weight is 379 g/mol. The molecule has 0 bridgehead atoms. The van der Waals surface area contributed by atoms with Crippen LogP contribution in [0.5, 0.6) is 0 Å². The number of anilines is 1. The molecule has 1 aromatic rings. The number of hydrogen-bond acceptors (Lipinski definition) is 4. The summed E-state index contributed by atoms with van der Waals surface area (Å²) in [6, 6.07) is 2.47. The van der Waals surface area contributed by atoms with Crippen LogP contribution in [0.2, 0.25) is 0 Å². The Bertz CT molecular complexity index is 682. The zero-order chi connectivity index (χ0) is 15.4. The number of hydrogen-bond donors (Lipinski definition) is 2. The third-order valence-electron chi connectivity index (χ3n) is 4.42. The van der Waals surface area contributed by atoms with E-state index < -0.39 is 26.8 Å². The van der Waals surface area contributed by atoms with Gasteiger partial charge < -0.3 is 10.8 Å². The highest BCUT2D eigenvalue weighted by molar-refractivity contribution is 9.10. The van der Waals surface area contributed by atoms with Gasteiger partial charge >= 0.3 is 0 Å². The van der Waals surface area contributed by atoms with E-state index in [2.05, 4.69) is 15.9 Å². The van der Waals surface area contributed by atoms with Crippen LogP contribution in [0.4, 0.5) is 10.1 Å². The molecule has 2 aliphatic rings. The van der Waals surface area contributed by atoms with Gasteiger partial charge in [-0.2, -0.15) is 4.31 Å². The molecule has 0 spiro atoms. The van der Waals surface area contributed by atoms with E-state index in [1.807, 2.05) is 0 Å². The van der Waals surface area contributed by atoms with Crippen molar-refractivity contribution in [2.75, 3.05) is 18.8 Å². The fourth-order valence-electron chi connectivity index (χ4n) is 3.30. The number of nitrogens with two attached hydrogens (primary N) is 1. The first-order valence-electron chi connectivity index (χ1n) is 6.73. The number of aliphatic hydroxyl groups is 1. The molecule has 2 fully saturated rings. The van der Waals surface area contributed by atoms with Crippen molar-refractivity contribution in [2.45, 2.75) is 23.8 Å². The standard InChI is InChI=1S/C13H16BrFN2O3S/c14-10-3-8(16)4-12(13(10)15)21(19,20)17-5-7-1-2-11(18)9(7)6-17/h3-4,7,9,11,18H,1-2,5-6,16H2. The minimum Gasteiger partial charge on any atom is -0.399 e. The summed E-state index contributed by atoms with van der Waals surface area (Å²) < 4.78 is 40.7. The van der Waals surface area contributed by atoms with E-state index in [-0.39, 0.29) is 28.5 Å². The molecule has 116 valence electrons. The Balaban J connectivity index is 1.96. The molecule has 1 aliphatic carbocycles. The molecule has 5 nitrogen and oxygen atoms in total. The minimum absolute atomic E-state index is 0.0282. The van der Waals surface area contributed by atoms with Gasteiger partial charge in [-0.3, -0.25) is 0 Å². The van der Waals surface area contributed by atoms with Gasteiger partial charge in [-0.15, -0.1) is 0 Å². The molecule has 0 aromatic heterocycles. The van der Waals surface area contributed by atoms with Crippen LogP contribution in [-0.2, 0) is 10.0 Å². The molecule has 1 aliphatic heterocycles. The number of nitrogen functional groups attached to an aromatic ring is 1. The summed E-state index contributed by atoms with van der Waals surface area (Å²) in [6.07, 6.45) is 1.05. The number of nitrogens with zero attached hydrogens (tertiary/aromatic N) is 1. The first-order valence-corrected chi connectivity index (χ1v) is 8.96. The number of rotatable bonds is 2. The maximum atomic E-state index is 14.1. The molecule has 1 heterocycles. The van der Waals surface area contributed by atoms with Crippen molar-refractivity contribution < 1.29 is 17.9 Å². The summed E-state index contributed by atoms with van der Waals surface area (Å²) in [4.78, 5) is -0.413. The fraction of sp³-hybridized carbons (Fsp3) is 0.538. The molecule has 3 rings (SSSR count). The highest BCUT2D eigenvalue weighted by Gasteiger charge is 2.46. The van der Waals surface area contributed by atoms with Crippen LogP contribution in [0.1, 0.15) is 12.8 Å². The van der Waals surface area contributed by atoms with Gasteiger partial charge in [0.1, 0.15) is 4.90 Å². The van der Waals surface area contributed by atoms with Gasteiger partial charge in [0.25, 0.3) is 0 Å². The third kappa shape index (κ3) is 2.48. The molecule has 8 heteroatoms. The van der Waals surface area contributed by atoms with Crippen molar-refractivity contribution in [3.63, 3.8) is 0 Å². The first kappa shape index (κ1) is 15.2. The van der Waals surface area contributed by atoms with Crippen LogP contribution in [0, 0.1) is 17.7 Å². The summed E-state index contributed by atoms with van der Waals surface area (Å²) in [5.74, 6) is -0.725. The number of sulfonamides is 1. The van der Waals surface area contributed by atoms with Crippen LogP contribution < -0.4 is 5.73 Å². The molecule has 1 aromatic carbocycles. The summed E-state index contributed by atoms with van der Waals surface area (Å²) in [6.45, 7) is 0.565. The molecule has 0 radical (unpaired) electrons. The van der Waals surface area contributed by atoms with Gasteiger partial charge in [0.2, 0.25) is 10.0 Å². The van der Waals surface area contributed by atoms with Crippen molar-refractivity contribution in [3.05, 3.63) is 22.4 Å². The van der Waals surface area contributed by atoms with Gasteiger partial charge in [-0.05, 0) is 46.8 Å². The summed E-state index contributed by atoms with van der Waals surface area (Å²) >= 11 is 2.98. The smallest absolute Gasteiger partial charge is 0.246 e. The molecule has 3 unspecified atom stereocenters. The van der Waals surface area contributed by atoms with E-state index >= 15 is 0 Å². The van der Waals surface area contributed by atoms with E-state index in [9.17, 15) is 17.9 Å². The van der Waals surface area contributed by atoms with Crippen LogP contribution in [0.25, 0.3) is 0 Å². The van der Waals surface area contributed by atoms with Crippen LogP contribution >= 0.6 is 15.9 Å². The molecule has 21 heavy (non-hydrogen) atoms. The van der Waals surface area contributed by atoms with Gasteiger partial charge in [-0.1, -0.05) is 0 Å². The van der Waals surface area contributed by atoms with E-state index in [1.54, 1.807) is 0 Å². The second kappa shape index (κ2) is 5.19. The number of fused-ring (bicyclic) bond motifs is 1. The quantitative estimate of drug-likeness (QED) is 0.764. The fourth-order valence-corrected chi connectivity index (χ4v) is 5.57. The Morgan fingerprint density at radius 3 is 2.71 bits per heavy atom. The molecular formula is C13H16BrFN2O3S.